The summed E-state index contributed by atoms with van der Waals surface area (Å²) in [5, 5.41) is 11.1. The van der Waals surface area contributed by atoms with Crippen LogP contribution in [0.3, 0.4) is 0 Å². The fourth-order valence-corrected chi connectivity index (χ4v) is 3.57. The van der Waals surface area contributed by atoms with Gasteiger partial charge < -0.3 is 15.1 Å². The number of nitrogens with zero attached hydrogens (tertiary/aromatic N) is 4. The summed E-state index contributed by atoms with van der Waals surface area (Å²) in [5.41, 5.74) is 0.213. The molecule has 2 fully saturated rings. The second kappa shape index (κ2) is 8.49. The zero-order valence-corrected chi connectivity index (χ0v) is 16.5. The molecule has 4 rings (SSSR count). The highest BCUT2D eigenvalue weighted by molar-refractivity contribution is 5.92. The molecule has 0 atom stereocenters. The van der Waals surface area contributed by atoms with Crippen molar-refractivity contribution < 1.29 is 18.0 Å². The maximum absolute atomic E-state index is 12.9. The Labute approximate surface area is 173 Å². The number of alkyl halides is 3. The van der Waals surface area contributed by atoms with Gasteiger partial charge in [0.1, 0.15) is 0 Å². The Morgan fingerprint density at radius 3 is 2.40 bits per heavy atom. The fraction of sp³-hybridized carbons (Fsp3) is 0.476. The molecule has 30 heavy (non-hydrogen) atoms. The molecule has 1 amide bonds. The number of rotatable bonds is 6. The number of carbonyl (C=O) groups is 1. The number of halogens is 3. The van der Waals surface area contributed by atoms with E-state index in [0.29, 0.717) is 44.2 Å². The van der Waals surface area contributed by atoms with Gasteiger partial charge >= 0.3 is 6.18 Å². The van der Waals surface area contributed by atoms with Gasteiger partial charge in [0, 0.05) is 38.4 Å². The molecule has 1 saturated heterocycles. The highest BCUT2D eigenvalue weighted by Gasteiger charge is 2.31. The fourth-order valence-electron chi connectivity index (χ4n) is 3.57. The summed E-state index contributed by atoms with van der Waals surface area (Å²) in [6.45, 7) is 3.03. The third-order valence-corrected chi connectivity index (χ3v) is 5.56. The third-order valence-electron chi connectivity index (χ3n) is 5.56. The largest absolute Gasteiger partial charge is 0.416 e. The summed E-state index contributed by atoms with van der Waals surface area (Å²) in [6.07, 6.45) is -0.830. The Kier molecular flexibility index (Phi) is 5.78. The minimum Gasteiger partial charge on any atom is -0.368 e. The van der Waals surface area contributed by atoms with Crippen LogP contribution in [0.5, 0.6) is 0 Å². The van der Waals surface area contributed by atoms with Crippen LogP contribution in [0.1, 0.15) is 35.3 Å². The molecule has 2 heterocycles. The first-order valence-electron chi connectivity index (χ1n) is 10.2. The maximum atomic E-state index is 12.9. The first kappa shape index (κ1) is 20.4. The van der Waals surface area contributed by atoms with Crippen molar-refractivity contribution in [2.75, 3.05) is 42.5 Å². The van der Waals surface area contributed by atoms with E-state index in [2.05, 4.69) is 15.5 Å². The van der Waals surface area contributed by atoms with Crippen LogP contribution >= 0.6 is 0 Å². The molecule has 160 valence electrons. The van der Waals surface area contributed by atoms with Crippen molar-refractivity contribution in [2.45, 2.75) is 25.4 Å². The minimum atomic E-state index is -4.35. The van der Waals surface area contributed by atoms with Gasteiger partial charge in [0.2, 0.25) is 0 Å². The van der Waals surface area contributed by atoms with Crippen LogP contribution in [0.2, 0.25) is 0 Å². The maximum Gasteiger partial charge on any atom is 0.416 e. The van der Waals surface area contributed by atoms with Crippen LogP contribution in [-0.2, 0) is 6.18 Å². The van der Waals surface area contributed by atoms with Gasteiger partial charge in [-0.15, -0.1) is 10.2 Å². The van der Waals surface area contributed by atoms with Crippen molar-refractivity contribution in [3.8, 4) is 0 Å². The number of hydrogen-bond acceptors (Lipinski definition) is 5. The lowest BCUT2D eigenvalue weighted by atomic mass is 10.1. The summed E-state index contributed by atoms with van der Waals surface area (Å²) in [6, 6.07) is 8.83. The Bertz CT molecular complexity index is 875. The van der Waals surface area contributed by atoms with E-state index < -0.39 is 11.7 Å². The van der Waals surface area contributed by atoms with Crippen molar-refractivity contribution >= 4 is 17.4 Å². The van der Waals surface area contributed by atoms with E-state index in [1.807, 2.05) is 9.80 Å². The zero-order chi connectivity index (χ0) is 21.1. The lowest BCUT2D eigenvalue weighted by molar-refractivity contribution is -0.137. The SMILES string of the molecule is O=C(NCCC1CC1)c1ccc(N2CCN(c3cccc(C(F)(F)F)c3)CC2)nn1. The van der Waals surface area contributed by atoms with Gasteiger partial charge in [-0.05, 0) is 42.7 Å². The third kappa shape index (κ3) is 5.01. The van der Waals surface area contributed by atoms with Gasteiger partial charge in [-0.2, -0.15) is 13.2 Å². The molecule has 1 aliphatic carbocycles. The average Bonchev–Trinajstić information content (AvgIpc) is 3.58. The molecule has 2 aromatic rings. The van der Waals surface area contributed by atoms with Crippen LogP contribution in [-0.4, -0.2) is 48.8 Å². The van der Waals surface area contributed by atoms with E-state index in [0.717, 1.165) is 18.4 Å². The zero-order valence-electron chi connectivity index (χ0n) is 16.5. The standard InChI is InChI=1S/C21H24F3N5O/c22-21(23,24)16-2-1-3-17(14-16)28-10-12-29(13-11-28)19-7-6-18(26-27-19)20(30)25-9-8-15-4-5-15/h1-3,6-7,14-15H,4-5,8-13H2,(H,25,30). The first-order valence-corrected chi connectivity index (χ1v) is 10.2. The Balaban J connectivity index is 1.31. The van der Waals surface area contributed by atoms with Crippen LogP contribution in [0.15, 0.2) is 36.4 Å². The molecular weight excluding hydrogens is 395 g/mol. The number of aromatic nitrogens is 2. The topological polar surface area (TPSA) is 61.4 Å². The second-order valence-corrected chi connectivity index (χ2v) is 7.79. The van der Waals surface area contributed by atoms with E-state index in [1.165, 1.54) is 25.0 Å². The molecule has 2 aliphatic rings. The van der Waals surface area contributed by atoms with E-state index in [1.54, 1.807) is 18.2 Å². The lowest BCUT2D eigenvalue weighted by Crippen LogP contribution is -2.47. The van der Waals surface area contributed by atoms with Gasteiger partial charge in [-0.1, -0.05) is 18.9 Å². The summed E-state index contributed by atoms with van der Waals surface area (Å²) < 4.78 is 38.8. The monoisotopic (exact) mass is 419 g/mol. The molecule has 0 spiro atoms. The van der Waals surface area contributed by atoms with Crippen LogP contribution in [0.25, 0.3) is 0 Å². The van der Waals surface area contributed by atoms with Gasteiger partial charge in [0.25, 0.3) is 5.91 Å². The highest BCUT2D eigenvalue weighted by atomic mass is 19.4. The van der Waals surface area contributed by atoms with Gasteiger partial charge in [0.05, 0.1) is 5.56 Å². The molecule has 0 bridgehead atoms. The summed E-state index contributed by atoms with van der Waals surface area (Å²) in [7, 11) is 0. The van der Waals surface area contributed by atoms with Gasteiger partial charge in [-0.25, -0.2) is 0 Å². The van der Waals surface area contributed by atoms with Crippen LogP contribution < -0.4 is 15.1 Å². The quantitative estimate of drug-likeness (QED) is 0.778. The molecule has 0 radical (unpaired) electrons. The number of benzene rings is 1. The lowest BCUT2D eigenvalue weighted by Gasteiger charge is -2.36. The summed E-state index contributed by atoms with van der Waals surface area (Å²) >= 11 is 0. The number of anilines is 2. The number of piperazine rings is 1. The molecular formula is C21H24F3N5O. The van der Waals surface area contributed by atoms with Gasteiger partial charge in [-0.3, -0.25) is 4.79 Å². The highest BCUT2D eigenvalue weighted by Crippen LogP contribution is 2.32. The van der Waals surface area contributed by atoms with Gasteiger partial charge in [0.15, 0.2) is 11.5 Å². The Morgan fingerprint density at radius 2 is 1.77 bits per heavy atom. The van der Waals surface area contributed by atoms with Crippen molar-refractivity contribution in [3.05, 3.63) is 47.7 Å². The molecule has 1 aliphatic heterocycles. The number of amides is 1. The number of carbonyl (C=O) groups excluding carboxylic acids is 1. The van der Waals surface area contributed by atoms with E-state index >= 15 is 0 Å². The predicted octanol–water partition coefficient (Wildman–Crippen LogP) is 3.35. The van der Waals surface area contributed by atoms with E-state index in [4.69, 9.17) is 0 Å². The van der Waals surface area contributed by atoms with Crippen LogP contribution in [0, 0.1) is 5.92 Å². The predicted molar refractivity (Wildman–Crippen MR) is 108 cm³/mol. The Hall–Kier alpha value is -2.84. The summed E-state index contributed by atoms with van der Waals surface area (Å²) in [5.74, 6) is 1.20. The molecule has 0 unspecified atom stereocenters. The van der Waals surface area contributed by atoms with Crippen molar-refractivity contribution in [3.63, 3.8) is 0 Å². The molecule has 1 aromatic carbocycles. The summed E-state index contributed by atoms with van der Waals surface area (Å²) in [4.78, 5) is 16.1. The van der Waals surface area contributed by atoms with Crippen molar-refractivity contribution in [2.24, 2.45) is 5.92 Å². The first-order chi connectivity index (χ1) is 14.4. The van der Waals surface area contributed by atoms with E-state index in [9.17, 15) is 18.0 Å². The van der Waals surface area contributed by atoms with Crippen LogP contribution in [0.4, 0.5) is 24.7 Å². The normalized spacial score (nSPS) is 17.2. The minimum absolute atomic E-state index is 0.218. The van der Waals surface area contributed by atoms with E-state index in [-0.39, 0.29) is 11.6 Å². The molecule has 1 saturated carbocycles. The Morgan fingerprint density at radius 1 is 1.03 bits per heavy atom. The average molecular weight is 419 g/mol. The number of hydrogen-bond donors (Lipinski definition) is 1. The van der Waals surface area contributed by atoms with Crippen molar-refractivity contribution in [1.29, 1.82) is 0 Å². The molecule has 9 heteroatoms. The van der Waals surface area contributed by atoms with Crippen molar-refractivity contribution in [1.82, 2.24) is 15.5 Å². The smallest absolute Gasteiger partial charge is 0.368 e. The number of nitrogens with one attached hydrogen (secondary N) is 1. The molecule has 1 aromatic heterocycles. The molecule has 1 N–H and O–H groups in total. The molecule has 6 nitrogen and oxygen atoms in total. The second-order valence-electron chi connectivity index (χ2n) is 7.79.